The fourth-order valence-electron chi connectivity index (χ4n) is 2.60. The normalized spacial score (nSPS) is 11.1. The van der Waals surface area contributed by atoms with Gasteiger partial charge in [-0.25, -0.2) is 4.99 Å². The number of aromatic nitrogens is 1. The molecule has 2 aromatic rings. The lowest BCUT2D eigenvalue weighted by atomic mass is 10.1. The molecule has 1 N–H and O–H groups in total. The molecule has 0 saturated carbocycles. The monoisotopic (exact) mass is 456 g/mol. The van der Waals surface area contributed by atoms with E-state index in [0.29, 0.717) is 13.2 Å². The lowest BCUT2D eigenvalue weighted by Gasteiger charge is -2.22. The molecule has 1 heterocycles. The van der Waals surface area contributed by atoms with Gasteiger partial charge in [0, 0.05) is 39.6 Å². The van der Waals surface area contributed by atoms with E-state index in [1.54, 1.807) is 7.11 Å². The number of hydrogen-bond donors (Lipinski definition) is 1. The quantitative estimate of drug-likeness (QED) is 0.395. The van der Waals surface area contributed by atoms with E-state index < -0.39 is 0 Å². The second kappa shape index (κ2) is 11.1. The second-order valence-corrected chi connectivity index (χ2v) is 5.89. The molecule has 5 nitrogen and oxygen atoms in total. The number of aryl methyl sites for hydroxylation is 1. The Bertz CT molecular complexity index is 669. The van der Waals surface area contributed by atoms with E-state index in [-0.39, 0.29) is 24.0 Å². The molecule has 0 amide bonds. The summed E-state index contributed by atoms with van der Waals surface area (Å²) in [5.74, 6) is 0.913. The Labute approximate surface area is 168 Å². The lowest BCUT2D eigenvalue weighted by molar-refractivity contribution is 0.185. The molecule has 0 spiro atoms. The van der Waals surface area contributed by atoms with Gasteiger partial charge in [0.25, 0.3) is 0 Å². The van der Waals surface area contributed by atoms with Crippen molar-refractivity contribution in [1.82, 2.24) is 14.8 Å². The summed E-state index contributed by atoms with van der Waals surface area (Å²) in [7, 11) is 5.84. The predicted octanol–water partition coefficient (Wildman–Crippen LogP) is 3.39. The van der Waals surface area contributed by atoms with Crippen LogP contribution in [0.15, 0.2) is 47.6 Å². The molecule has 0 bridgehead atoms. The third kappa shape index (κ3) is 6.70. The predicted molar refractivity (Wildman–Crippen MR) is 114 cm³/mol. The summed E-state index contributed by atoms with van der Waals surface area (Å²) in [5.41, 5.74) is 3.62. The highest BCUT2D eigenvalue weighted by Gasteiger charge is 2.08. The summed E-state index contributed by atoms with van der Waals surface area (Å²) in [5, 5.41) is 3.37. The van der Waals surface area contributed by atoms with Crippen molar-refractivity contribution in [2.45, 2.75) is 26.6 Å². The molecule has 1 aromatic heterocycles. The summed E-state index contributed by atoms with van der Waals surface area (Å²) in [4.78, 5) is 6.93. The molecule has 0 unspecified atom stereocenters. The molecule has 0 atom stereocenters. The van der Waals surface area contributed by atoms with E-state index in [1.807, 2.05) is 0 Å². The van der Waals surface area contributed by atoms with E-state index in [2.05, 4.69) is 78.4 Å². The Balaban J connectivity index is 0.00000312. The highest BCUT2D eigenvalue weighted by Crippen LogP contribution is 2.09. The molecule has 0 fully saturated rings. The maximum atomic E-state index is 5.20. The van der Waals surface area contributed by atoms with Crippen molar-refractivity contribution in [1.29, 1.82) is 0 Å². The molecule has 6 heteroatoms. The number of ether oxygens (including phenoxy) is 1. The fraction of sp³-hybridized carbons (Fsp3) is 0.421. The number of aliphatic imine (C=N–C) groups is 1. The van der Waals surface area contributed by atoms with Crippen LogP contribution in [0.2, 0.25) is 0 Å². The van der Waals surface area contributed by atoms with Crippen LogP contribution in [0.5, 0.6) is 0 Å². The summed E-state index contributed by atoms with van der Waals surface area (Å²) < 4.78 is 7.33. The van der Waals surface area contributed by atoms with Gasteiger partial charge >= 0.3 is 0 Å². The first kappa shape index (κ1) is 21.5. The first-order valence-electron chi connectivity index (χ1n) is 8.30. The van der Waals surface area contributed by atoms with E-state index in [1.165, 1.54) is 16.8 Å². The maximum Gasteiger partial charge on any atom is 0.194 e. The van der Waals surface area contributed by atoms with Crippen LogP contribution in [0.25, 0.3) is 0 Å². The van der Waals surface area contributed by atoms with Crippen LogP contribution in [-0.4, -0.2) is 36.1 Å². The average Bonchev–Trinajstić information content (AvgIpc) is 2.97. The summed E-state index contributed by atoms with van der Waals surface area (Å²) in [6.45, 7) is 5.03. The van der Waals surface area contributed by atoms with Crippen molar-refractivity contribution in [2.75, 3.05) is 20.7 Å². The van der Waals surface area contributed by atoms with Crippen molar-refractivity contribution in [2.24, 2.45) is 12.0 Å². The first-order chi connectivity index (χ1) is 11.6. The van der Waals surface area contributed by atoms with Crippen LogP contribution >= 0.6 is 24.0 Å². The first-order valence-corrected chi connectivity index (χ1v) is 8.30. The third-order valence-corrected chi connectivity index (χ3v) is 3.86. The Morgan fingerprint density at radius 3 is 2.64 bits per heavy atom. The van der Waals surface area contributed by atoms with E-state index >= 15 is 0 Å². The van der Waals surface area contributed by atoms with Crippen LogP contribution in [-0.2, 0) is 31.5 Å². The number of halogens is 1. The largest absolute Gasteiger partial charge is 0.380 e. The number of rotatable bonds is 7. The minimum Gasteiger partial charge on any atom is -0.380 e. The smallest absolute Gasteiger partial charge is 0.194 e. The molecule has 138 valence electrons. The van der Waals surface area contributed by atoms with Gasteiger partial charge in [-0.2, -0.15) is 0 Å². The number of nitrogens with one attached hydrogen (secondary N) is 1. The van der Waals surface area contributed by atoms with Crippen molar-refractivity contribution < 1.29 is 4.74 Å². The fourth-order valence-corrected chi connectivity index (χ4v) is 2.60. The van der Waals surface area contributed by atoms with Gasteiger partial charge in [-0.1, -0.05) is 24.3 Å². The number of methoxy groups -OCH3 is 1. The summed E-state index contributed by atoms with van der Waals surface area (Å²) >= 11 is 0. The highest BCUT2D eigenvalue weighted by molar-refractivity contribution is 14.0. The number of benzene rings is 1. The number of nitrogens with zero attached hydrogens (tertiary/aromatic N) is 3. The van der Waals surface area contributed by atoms with Gasteiger partial charge in [0.1, 0.15) is 0 Å². The molecular formula is C19H29IN4O. The molecule has 25 heavy (non-hydrogen) atoms. The molecule has 0 aliphatic heterocycles. The topological polar surface area (TPSA) is 41.8 Å². The van der Waals surface area contributed by atoms with Gasteiger partial charge in [0.15, 0.2) is 5.96 Å². The maximum absolute atomic E-state index is 5.20. The van der Waals surface area contributed by atoms with Gasteiger partial charge in [-0.15, -0.1) is 24.0 Å². The van der Waals surface area contributed by atoms with Crippen LogP contribution in [0.1, 0.15) is 23.7 Å². The third-order valence-electron chi connectivity index (χ3n) is 3.86. The van der Waals surface area contributed by atoms with Crippen LogP contribution in [0.4, 0.5) is 0 Å². The van der Waals surface area contributed by atoms with Crippen LogP contribution in [0, 0.1) is 0 Å². The van der Waals surface area contributed by atoms with Crippen LogP contribution < -0.4 is 5.32 Å². The molecule has 0 radical (unpaired) electrons. The van der Waals surface area contributed by atoms with Gasteiger partial charge < -0.3 is 19.5 Å². The zero-order valence-electron chi connectivity index (χ0n) is 15.5. The Kier molecular flexibility index (Phi) is 9.59. The average molecular weight is 456 g/mol. The van der Waals surface area contributed by atoms with E-state index in [9.17, 15) is 0 Å². The zero-order chi connectivity index (χ0) is 17.4. The second-order valence-electron chi connectivity index (χ2n) is 5.89. The van der Waals surface area contributed by atoms with Gasteiger partial charge in [0.2, 0.25) is 0 Å². The molecule has 0 aliphatic carbocycles. The molecule has 0 saturated heterocycles. The number of guanidine groups is 1. The molecule has 0 aliphatic rings. The Morgan fingerprint density at radius 2 is 2.00 bits per heavy atom. The van der Waals surface area contributed by atoms with Crippen molar-refractivity contribution in [3.05, 3.63) is 59.4 Å². The van der Waals surface area contributed by atoms with Crippen molar-refractivity contribution in [3.63, 3.8) is 0 Å². The van der Waals surface area contributed by atoms with Crippen molar-refractivity contribution >= 4 is 29.9 Å². The summed E-state index contributed by atoms with van der Waals surface area (Å²) in [6, 6.07) is 12.6. The zero-order valence-corrected chi connectivity index (χ0v) is 17.9. The van der Waals surface area contributed by atoms with E-state index in [4.69, 9.17) is 9.73 Å². The van der Waals surface area contributed by atoms with Crippen molar-refractivity contribution in [3.8, 4) is 0 Å². The SMILES string of the molecule is CCNC(=NCc1cccc(COC)c1)N(C)Cc1cccn1C.I. The van der Waals surface area contributed by atoms with E-state index in [0.717, 1.165) is 19.0 Å². The minimum atomic E-state index is 0. The molecule has 1 aromatic carbocycles. The van der Waals surface area contributed by atoms with Gasteiger partial charge in [-0.3, -0.25) is 0 Å². The molecule has 2 rings (SSSR count). The Hall–Kier alpha value is -1.54. The van der Waals surface area contributed by atoms with Crippen LogP contribution in [0.3, 0.4) is 0 Å². The highest BCUT2D eigenvalue weighted by atomic mass is 127. The van der Waals surface area contributed by atoms with Gasteiger partial charge in [-0.05, 0) is 30.2 Å². The number of hydrogen-bond acceptors (Lipinski definition) is 2. The van der Waals surface area contributed by atoms with Gasteiger partial charge in [0.05, 0.1) is 19.7 Å². The minimum absolute atomic E-state index is 0. The summed E-state index contributed by atoms with van der Waals surface area (Å²) in [6.07, 6.45) is 2.06. The lowest BCUT2D eigenvalue weighted by Crippen LogP contribution is -2.38. The molecular weight excluding hydrogens is 427 g/mol. The Morgan fingerprint density at radius 1 is 1.24 bits per heavy atom. The standard InChI is InChI=1S/C19H28N4O.HI/c1-5-20-19(23(3)14-18-10-7-11-22(18)2)21-13-16-8-6-9-17(12-16)15-24-4;/h6-12H,5,13-15H2,1-4H3,(H,20,21);1H.